The lowest BCUT2D eigenvalue weighted by Gasteiger charge is -2.11. The average molecular weight is 353 g/mol. The molecule has 0 atom stereocenters. The van der Waals surface area contributed by atoms with E-state index in [4.69, 9.17) is 5.11 Å². The van der Waals surface area contributed by atoms with Crippen molar-refractivity contribution in [2.24, 2.45) is 5.41 Å². The second-order valence-electron chi connectivity index (χ2n) is 5.88. The monoisotopic (exact) mass is 353 g/mol. The molecular weight excluding hydrogens is 339 g/mol. The number of halogens is 3. The zero-order valence-electron chi connectivity index (χ0n) is 12.9. The van der Waals surface area contributed by atoms with Gasteiger partial charge in [-0.1, -0.05) is 12.1 Å². The predicted octanol–water partition coefficient (Wildman–Crippen LogP) is 2.37. The Kier molecular flexibility index (Phi) is 4.02. The first-order valence-corrected chi connectivity index (χ1v) is 7.46. The van der Waals surface area contributed by atoms with Gasteiger partial charge >= 0.3 is 12.1 Å². The third kappa shape index (κ3) is 3.35. The molecule has 1 aromatic heterocycles. The summed E-state index contributed by atoms with van der Waals surface area (Å²) in [5.41, 5.74) is -1.15. The highest BCUT2D eigenvalue weighted by molar-refractivity contribution is 6.04. The molecule has 1 aliphatic rings. The average Bonchev–Trinajstić information content (AvgIpc) is 3.22. The van der Waals surface area contributed by atoms with E-state index in [0.29, 0.717) is 24.1 Å². The van der Waals surface area contributed by atoms with E-state index < -0.39 is 29.2 Å². The second-order valence-corrected chi connectivity index (χ2v) is 5.88. The number of nitrogens with one attached hydrogen (secondary N) is 1. The number of rotatable bonds is 5. The zero-order chi connectivity index (χ0) is 18.2. The maximum Gasteiger partial charge on any atom is 0.435 e. The van der Waals surface area contributed by atoms with Gasteiger partial charge in [0, 0.05) is 12.7 Å². The largest absolute Gasteiger partial charge is 0.480 e. The number of aromatic nitrogens is 2. The molecule has 1 fully saturated rings. The van der Waals surface area contributed by atoms with Gasteiger partial charge in [-0.15, -0.1) is 0 Å². The van der Waals surface area contributed by atoms with Crippen LogP contribution >= 0.6 is 0 Å². The number of benzene rings is 1. The lowest BCUT2D eigenvalue weighted by atomic mass is 10.1. The molecule has 1 aromatic carbocycles. The number of alkyl halides is 3. The number of aliphatic carboxylic acids is 1. The molecule has 1 aliphatic carbocycles. The first-order chi connectivity index (χ1) is 11.7. The number of carboxylic acids is 1. The van der Waals surface area contributed by atoms with E-state index >= 15 is 0 Å². The van der Waals surface area contributed by atoms with Crippen molar-refractivity contribution in [2.75, 3.05) is 0 Å². The standard InChI is InChI=1S/C16H14F3N3O3/c17-16(18,19)12-5-8-22(21-12)11-3-1-10(2-4-11)9-20-13(23)15(6-7-15)14(24)25/h1-5,8H,6-7,9H2,(H,20,23)(H,24,25). The van der Waals surface area contributed by atoms with Crippen LogP contribution in [0, 0.1) is 5.41 Å². The Balaban J connectivity index is 1.64. The van der Waals surface area contributed by atoms with E-state index in [0.717, 1.165) is 10.7 Å². The quantitative estimate of drug-likeness (QED) is 0.809. The first kappa shape index (κ1) is 17.0. The molecule has 2 aromatic rings. The van der Waals surface area contributed by atoms with E-state index in [-0.39, 0.29) is 6.54 Å². The number of carbonyl (C=O) groups excluding carboxylic acids is 1. The molecule has 0 spiro atoms. The smallest absolute Gasteiger partial charge is 0.435 e. The maximum atomic E-state index is 12.6. The Morgan fingerprint density at radius 2 is 1.84 bits per heavy atom. The number of carboxylic acid groups (broad SMARTS) is 1. The molecule has 25 heavy (non-hydrogen) atoms. The number of hydrogen-bond donors (Lipinski definition) is 2. The van der Waals surface area contributed by atoms with E-state index in [2.05, 4.69) is 10.4 Å². The van der Waals surface area contributed by atoms with Gasteiger partial charge in [0.25, 0.3) is 0 Å². The Morgan fingerprint density at radius 3 is 2.32 bits per heavy atom. The van der Waals surface area contributed by atoms with Crippen LogP contribution in [-0.4, -0.2) is 26.8 Å². The van der Waals surface area contributed by atoms with Crippen molar-refractivity contribution in [1.82, 2.24) is 15.1 Å². The van der Waals surface area contributed by atoms with Gasteiger partial charge < -0.3 is 10.4 Å². The van der Waals surface area contributed by atoms with E-state index in [1.807, 2.05) is 0 Å². The van der Waals surface area contributed by atoms with Gasteiger partial charge in [0.2, 0.25) is 5.91 Å². The summed E-state index contributed by atoms with van der Waals surface area (Å²) in [6, 6.07) is 7.28. The summed E-state index contributed by atoms with van der Waals surface area (Å²) >= 11 is 0. The normalized spacial score (nSPS) is 15.6. The van der Waals surface area contributed by atoms with Crippen molar-refractivity contribution in [3.05, 3.63) is 47.8 Å². The Hall–Kier alpha value is -2.84. The predicted molar refractivity (Wildman–Crippen MR) is 79.7 cm³/mol. The Labute approximate surface area is 140 Å². The minimum Gasteiger partial charge on any atom is -0.480 e. The van der Waals surface area contributed by atoms with Crippen molar-refractivity contribution < 1.29 is 27.9 Å². The van der Waals surface area contributed by atoms with E-state index in [1.54, 1.807) is 24.3 Å². The van der Waals surface area contributed by atoms with E-state index in [9.17, 15) is 22.8 Å². The molecule has 0 saturated heterocycles. The van der Waals surface area contributed by atoms with Crippen molar-refractivity contribution >= 4 is 11.9 Å². The maximum absolute atomic E-state index is 12.6. The third-order valence-corrected chi connectivity index (χ3v) is 4.13. The van der Waals surface area contributed by atoms with Gasteiger partial charge in [-0.2, -0.15) is 18.3 Å². The van der Waals surface area contributed by atoms with Crippen LogP contribution in [0.2, 0.25) is 0 Å². The lowest BCUT2D eigenvalue weighted by Crippen LogP contribution is -2.36. The van der Waals surface area contributed by atoms with Gasteiger partial charge in [0.1, 0.15) is 5.41 Å². The number of carbonyl (C=O) groups is 2. The van der Waals surface area contributed by atoms with Crippen LogP contribution in [0.4, 0.5) is 13.2 Å². The molecule has 0 radical (unpaired) electrons. The van der Waals surface area contributed by atoms with Crippen LogP contribution in [0.5, 0.6) is 0 Å². The van der Waals surface area contributed by atoms with E-state index in [1.165, 1.54) is 6.20 Å². The van der Waals surface area contributed by atoms with Gasteiger partial charge in [0.05, 0.1) is 5.69 Å². The van der Waals surface area contributed by atoms with Crippen LogP contribution in [0.1, 0.15) is 24.1 Å². The molecule has 132 valence electrons. The Bertz CT molecular complexity index is 808. The fourth-order valence-corrected chi connectivity index (χ4v) is 2.40. The summed E-state index contributed by atoms with van der Waals surface area (Å²) in [6.07, 6.45) is -2.64. The van der Waals surface area contributed by atoms with Gasteiger partial charge in [0.15, 0.2) is 5.69 Å². The molecule has 0 unspecified atom stereocenters. The van der Waals surface area contributed by atoms with Crippen molar-refractivity contribution in [1.29, 1.82) is 0 Å². The first-order valence-electron chi connectivity index (χ1n) is 7.46. The van der Waals surface area contributed by atoms with Crippen LogP contribution in [0.25, 0.3) is 5.69 Å². The number of nitrogens with zero attached hydrogens (tertiary/aromatic N) is 2. The topological polar surface area (TPSA) is 84.2 Å². The number of hydrogen-bond acceptors (Lipinski definition) is 3. The molecule has 3 rings (SSSR count). The molecular formula is C16H14F3N3O3. The molecule has 6 nitrogen and oxygen atoms in total. The van der Waals surface area contributed by atoms with Crippen LogP contribution < -0.4 is 5.32 Å². The summed E-state index contributed by atoms with van der Waals surface area (Å²) in [5, 5.41) is 15.1. The third-order valence-electron chi connectivity index (χ3n) is 4.13. The molecule has 9 heteroatoms. The molecule has 1 heterocycles. The summed E-state index contributed by atoms with van der Waals surface area (Å²) in [6.45, 7) is 0.140. The molecule has 0 bridgehead atoms. The molecule has 1 amide bonds. The van der Waals surface area contributed by atoms with Crippen molar-refractivity contribution in [3.63, 3.8) is 0 Å². The highest BCUT2D eigenvalue weighted by Crippen LogP contribution is 2.46. The van der Waals surface area contributed by atoms with Gasteiger partial charge in [-0.25, -0.2) is 4.68 Å². The minimum atomic E-state index is -4.50. The van der Waals surface area contributed by atoms with Crippen LogP contribution in [-0.2, 0) is 22.3 Å². The van der Waals surface area contributed by atoms with Crippen molar-refractivity contribution in [2.45, 2.75) is 25.6 Å². The summed E-state index contributed by atoms with van der Waals surface area (Å²) < 4.78 is 38.8. The van der Waals surface area contributed by atoms with Gasteiger partial charge in [-0.3, -0.25) is 9.59 Å². The summed E-state index contributed by atoms with van der Waals surface area (Å²) in [5.74, 6) is -1.65. The van der Waals surface area contributed by atoms with Crippen LogP contribution in [0.3, 0.4) is 0 Å². The summed E-state index contributed by atoms with van der Waals surface area (Å²) in [4.78, 5) is 23.0. The highest BCUT2D eigenvalue weighted by atomic mass is 19.4. The lowest BCUT2D eigenvalue weighted by molar-refractivity contribution is -0.149. The second kappa shape index (κ2) is 5.91. The fraction of sp³-hybridized carbons (Fsp3) is 0.312. The van der Waals surface area contributed by atoms with Crippen molar-refractivity contribution in [3.8, 4) is 5.69 Å². The number of amides is 1. The van der Waals surface area contributed by atoms with Crippen LogP contribution in [0.15, 0.2) is 36.5 Å². The summed E-state index contributed by atoms with van der Waals surface area (Å²) in [7, 11) is 0. The fourth-order valence-electron chi connectivity index (χ4n) is 2.40. The molecule has 1 saturated carbocycles. The minimum absolute atomic E-state index is 0.140. The SMILES string of the molecule is O=C(O)C1(C(=O)NCc2ccc(-n3ccc(C(F)(F)F)n3)cc2)CC1. The highest BCUT2D eigenvalue weighted by Gasteiger charge is 2.56. The molecule has 2 N–H and O–H groups in total. The van der Waals surface area contributed by atoms with Gasteiger partial charge in [-0.05, 0) is 36.6 Å². The zero-order valence-corrected chi connectivity index (χ0v) is 12.9. The Morgan fingerprint density at radius 1 is 1.20 bits per heavy atom. The molecule has 0 aliphatic heterocycles.